The molecule has 6 atom stereocenters. The second kappa shape index (κ2) is 38.5. The second-order valence-corrected chi connectivity index (χ2v) is 17.8. The Morgan fingerprint density at radius 1 is 0.627 bits per heavy atom. The van der Waals surface area contributed by atoms with Gasteiger partial charge in [-0.2, -0.15) is 8.42 Å². The van der Waals surface area contributed by atoms with Gasteiger partial charge in [0.05, 0.1) is 19.8 Å². The van der Waals surface area contributed by atoms with Crippen molar-refractivity contribution in [2.45, 2.75) is 250 Å². The van der Waals surface area contributed by atoms with Crippen molar-refractivity contribution < 1.29 is 56.2 Å². The van der Waals surface area contributed by atoms with Crippen LogP contribution in [0.25, 0.3) is 0 Å². The van der Waals surface area contributed by atoms with E-state index in [0.29, 0.717) is 13.0 Å². The van der Waals surface area contributed by atoms with Crippen LogP contribution in [0.4, 0.5) is 0 Å². The average molecular weight is 865 g/mol. The van der Waals surface area contributed by atoms with Crippen molar-refractivity contribution in [3.63, 3.8) is 0 Å². The number of aliphatic hydroxyl groups is 3. The number of esters is 1. The van der Waals surface area contributed by atoms with E-state index in [4.69, 9.17) is 23.5 Å². The van der Waals surface area contributed by atoms with E-state index in [9.17, 15) is 28.5 Å². The molecule has 0 aromatic heterocycles. The highest BCUT2D eigenvalue weighted by molar-refractivity contribution is 7.80. The molecule has 0 spiro atoms. The van der Waals surface area contributed by atoms with Gasteiger partial charge >= 0.3 is 16.4 Å². The summed E-state index contributed by atoms with van der Waals surface area (Å²) in [5.74, 6) is -0.405. The average Bonchev–Trinajstić information content (AvgIpc) is 3.20. The molecule has 0 bridgehead atoms. The Kier molecular flexibility index (Phi) is 36.5. The molecule has 13 heteroatoms. The SMILES string of the molecule is CCCCCC/C=C\CCCCCCCC(=O)OC(COCCCCCCCCCCCCCCCCCCCCC)COC1OC(CO)C(O)C(OS(=O)(=O)O)C1O. The zero-order valence-electron chi connectivity index (χ0n) is 37.3. The van der Waals surface area contributed by atoms with Crippen LogP contribution in [-0.2, 0) is 38.3 Å². The highest BCUT2D eigenvalue weighted by atomic mass is 32.3. The Balaban J connectivity index is 2.37. The van der Waals surface area contributed by atoms with Gasteiger partial charge in [-0.25, -0.2) is 4.18 Å². The molecule has 12 nitrogen and oxygen atoms in total. The van der Waals surface area contributed by atoms with Crippen LogP contribution >= 0.6 is 0 Å². The van der Waals surface area contributed by atoms with Gasteiger partial charge in [0, 0.05) is 13.0 Å². The van der Waals surface area contributed by atoms with Crippen molar-refractivity contribution in [2.75, 3.05) is 26.4 Å². The van der Waals surface area contributed by atoms with Gasteiger partial charge in [0.15, 0.2) is 6.29 Å². The standard InChI is InChI=1S/C46H88O12S/c1-3-5-7-9-11-13-15-17-18-19-20-21-22-24-26-28-30-32-34-36-54-38-40(39-55-46-44(50)45(58-59(51,52)53)43(49)41(37-47)57-46)56-42(48)35-33-31-29-27-25-23-16-14-12-10-8-6-4-2/h14,16,40-41,43-47,49-50H,3-13,15,17-39H2,1-2H3,(H,51,52,53)/b16-14-. The van der Waals surface area contributed by atoms with E-state index in [1.54, 1.807) is 0 Å². The molecule has 0 saturated carbocycles. The molecule has 1 aliphatic rings. The summed E-state index contributed by atoms with van der Waals surface area (Å²) in [5, 5.41) is 30.7. The summed E-state index contributed by atoms with van der Waals surface area (Å²) in [6.45, 7) is 4.00. The van der Waals surface area contributed by atoms with Crippen LogP contribution in [0.15, 0.2) is 12.2 Å². The maximum Gasteiger partial charge on any atom is 0.397 e. The molecule has 4 N–H and O–H groups in total. The molecule has 1 saturated heterocycles. The van der Waals surface area contributed by atoms with Crippen molar-refractivity contribution in [1.29, 1.82) is 0 Å². The van der Waals surface area contributed by atoms with Crippen LogP contribution in [-0.4, -0.2) is 97.5 Å². The van der Waals surface area contributed by atoms with Gasteiger partial charge in [-0.15, -0.1) is 0 Å². The first kappa shape index (κ1) is 55.9. The first-order chi connectivity index (χ1) is 28.6. The number of hydrogen-bond donors (Lipinski definition) is 4. The summed E-state index contributed by atoms with van der Waals surface area (Å²) in [4.78, 5) is 12.8. The quantitative estimate of drug-likeness (QED) is 0.0198. The third kappa shape index (κ3) is 32.2. The van der Waals surface area contributed by atoms with Gasteiger partial charge in [0.2, 0.25) is 0 Å². The molecular formula is C46H88O12S. The maximum absolute atomic E-state index is 12.8. The molecular weight excluding hydrogens is 777 g/mol. The molecule has 0 aromatic rings. The Hall–Kier alpha value is -1.16. The van der Waals surface area contributed by atoms with Crippen LogP contribution in [0, 0.1) is 0 Å². The third-order valence-electron chi connectivity index (χ3n) is 11.1. The van der Waals surface area contributed by atoms with Crippen LogP contribution in [0.2, 0.25) is 0 Å². The van der Waals surface area contributed by atoms with Crippen LogP contribution in [0.1, 0.15) is 213 Å². The Bertz CT molecular complexity index is 1090. The lowest BCUT2D eigenvalue weighted by atomic mass is 9.99. The number of hydrogen-bond acceptors (Lipinski definition) is 11. The Morgan fingerprint density at radius 3 is 1.54 bits per heavy atom. The van der Waals surface area contributed by atoms with Crippen LogP contribution < -0.4 is 0 Å². The number of aliphatic hydroxyl groups excluding tert-OH is 3. The smallest absolute Gasteiger partial charge is 0.397 e. The van der Waals surface area contributed by atoms with Crippen LogP contribution in [0.3, 0.4) is 0 Å². The number of carbonyl (C=O) groups is 1. The van der Waals surface area contributed by atoms with E-state index in [2.05, 4.69) is 30.2 Å². The molecule has 1 aliphatic heterocycles. The number of carbonyl (C=O) groups excluding carboxylic acids is 1. The van der Waals surface area contributed by atoms with Gasteiger partial charge in [-0.1, -0.05) is 180 Å². The zero-order chi connectivity index (χ0) is 43.2. The van der Waals surface area contributed by atoms with E-state index in [1.807, 2.05) is 0 Å². The molecule has 0 aliphatic carbocycles. The van der Waals surface area contributed by atoms with Crippen LogP contribution in [0.5, 0.6) is 0 Å². The minimum absolute atomic E-state index is 0.0384. The fourth-order valence-electron chi connectivity index (χ4n) is 7.49. The van der Waals surface area contributed by atoms with E-state index < -0.39 is 59.8 Å². The summed E-state index contributed by atoms with van der Waals surface area (Å²) in [5.41, 5.74) is 0. The molecule has 6 unspecified atom stereocenters. The summed E-state index contributed by atoms with van der Waals surface area (Å²) in [6.07, 6.45) is 32.5. The molecule has 0 radical (unpaired) electrons. The zero-order valence-corrected chi connectivity index (χ0v) is 38.1. The van der Waals surface area contributed by atoms with Gasteiger partial charge in [0.1, 0.15) is 30.5 Å². The van der Waals surface area contributed by atoms with Crippen molar-refractivity contribution in [3.8, 4) is 0 Å². The fourth-order valence-corrected chi connectivity index (χ4v) is 8.00. The number of allylic oxidation sites excluding steroid dienone is 2. The van der Waals surface area contributed by atoms with E-state index in [1.165, 1.54) is 128 Å². The van der Waals surface area contributed by atoms with Gasteiger partial charge in [0.25, 0.3) is 0 Å². The van der Waals surface area contributed by atoms with Gasteiger partial charge in [-0.3, -0.25) is 9.35 Å². The monoisotopic (exact) mass is 865 g/mol. The van der Waals surface area contributed by atoms with Gasteiger partial charge in [-0.05, 0) is 38.5 Å². The lowest BCUT2D eigenvalue weighted by molar-refractivity contribution is -0.301. The number of ether oxygens (including phenoxy) is 4. The molecule has 1 rings (SSSR count). The first-order valence-corrected chi connectivity index (χ1v) is 25.3. The summed E-state index contributed by atoms with van der Waals surface area (Å²) >= 11 is 0. The Morgan fingerprint density at radius 2 is 1.07 bits per heavy atom. The molecule has 59 heavy (non-hydrogen) atoms. The predicted molar refractivity (Wildman–Crippen MR) is 234 cm³/mol. The minimum Gasteiger partial charge on any atom is -0.457 e. The Labute approximate surface area is 359 Å². The molecule has 1 heterocycles. The van der Waals surface area contributed by atoms with Crippen molar-refractivity contribution in [1.82, 2.24) is 0 Å². The summed E-state index contributed by atoms with van der Waals surface area (Å²) in [7, 11) is -5.06. The van der Waals surface area contributed by atoms with Crippen molar-refractivity contribution in [2.24, 2.45) is 0 Å². The van der Waals surface area contributed by atoms with Crippen molar-refractivity contribution in [3.05, 3.63) is 12.2 Å². The lowest BCUT2D eigenvalue weighted by Crippen LogP contribution is -2.60. The normalized spacial score (nSPS) is 20.4. The van der Waals surface area contributed by atoms with Crippen molar-refractivity contribution >= 4 is 16.4 Å². The molecule has 0 amide bonds. The molecule has 350 valence electrons. The highest BCUT2D eigenvalue weighted by Crippen LogP contribution is 2.26. The van der Waals surface area contributed by atoms with E-state index in [-0.39, 0.29) is 19.6 Å². The first-order valence-electron chi connectivity index (χ1n) is 23.9. The molecule has 0 aromatic carbocycles. The summed E-state index contributed by atoms with van der Waals surface area (Å²) in [6, 6.07) is 0. The fraction of sp³-hybridized carbons (Fsp3) is 0.935. The predicted octanol–water partition coefficient (Wildman–Crippen LogP) is 10.2. The maximum atomic E-state index is 12.8. The topological polar surface area (TPSA) is 178 Å². The van der Waals surface area contributed by atoms with E-state index in [0.717, 1.165) is 57.8 Å². The van der Waals surface area contributed by atoms with E-state index >= 15 is 0 Å². The third-order valence-corrected chi connectivity index (χ3v) is 11.6. The molecule has 1 fully saturated rings. The summed E-state index contributed by atoms with van der Waals surface area (Å²) < 4.78 is 59.1. The number of unbranched alkanes of at least 4 members (excludes halogenated alkanes) is 27. The number of rotatable bonds is 42. The highest BCUT2D eigenvalue weighted by Gasteiger charge is 2.48. The van der Waals surface area contributed by atoms with Gasteiger partial charge < -0.3 is 34.3 Å². The lowest BCUT2D eigenvalue weighted by Gasteiger charge is -2.41. The minimum atomic E-state index is -5.06. The second-order valence-electron chi connectivity index (χ2n) is 16.7. The largest absolute Gasteiger partial charge is 0.457 e.